The smallest absolute Gasteiger partial charge is 0.122 e. The van der Waals surface area contributed by atoms with Crippen LogP contribution in [0.15, 0.2) is 18.2 Å². The molecule has 0 radical (unpaired) electrons. The first-order chi connectivity index (χ1) is 7.62. The lowest BCUT2D eigenvalue weighted by atomic mass is 10.00. The van der Waals surface area contributed by atoms with Crippen LogP contribution in [-0.4, -0.2) is 25.4 Å². The normalized spacial score (nSPS) is 13.5. The number of hydrogen-bond acceptors (Lipinski definition) is 4. The largest absolute Gasteiger partial charge is 0.497 e. The summed E-state index contributed by atoms with van der Waals surface area (Å²) in [5.74, 6) is 1.35. The van der Waals surface area contributed by atoms with E-state index in [0.29, 0.717) is 17.9 Å². The summed E-state index contributed by atoms with van der Waals surface area (Å²) < 4.78 is 10.3. The lowest BCUT2D eigenvalue weighted by molar-refractivity contribution is 0.140. The molecule has 0 aromatic heterocycles. The van der Waals surface area contributed by atoms with Crippen LogP contribution in [0.25, 0.3) is 0 Å². The summed E-state index contributed by atoms with van der Waals surface area (Å²) in [5.41, 5.74) is 6.75. The average molecular weight is 262 g/mol. The van der Waals surface area contributed by atoms with Crippen LogP contribution in [0.3, 0.4) is 0 Å². The fraction of sp³-hybridized carbons (Fsp3) is 0.500. The van der Waals surface area contributed by atoms with Gasteiger partial charge in [-0.15, -0.1) is 12.4 Å². The van der Waals surface area contributed by atoms with Gasteiger partial charge in [0, 0.05) is 6.07 Å². The molecule has 0 aliphatic heterocycles. The molecule has 1 aromatic rings. The SMILES string of the molecule is CC[C@H](O)[C@H](N)c1cc(OC)cc(OC)c1.Cl. The maximum atomic E-state index is 9.70. The molecule has 0 heterocycles. The standard InChI is InChI=1S/C12H19NO3.ClH/c1-4-11(14)12(13)8-5-9(15-2)7-10(6-8)16-3;/h5-7,11-12,14H,4,13H2,1-3H3;1H/t11-,12+;/m0./s1. The van der Waals surface area contributed by atoms with Gasteiger partial charge in [-0.1, -0.05) is 6.92 Å². The van der Waals surface area contributed by atoms with Gasteiger partial charge >= 0.3 is 0 Å². The van der Waals surface area contributed by atoms with Crippen molar-refractivity contribution in [2.75, 3.05) is 14.2 Å². The zero-order chi connectivity index (χ0) is 12.1. The van der Waals surface area contributed by atoms with E-state index in [1.165, 1.54) is 0 Å². The Balaban J connectivity index is 0.00000256. The van der Waals surface area contributed by atoms with E-state index in [9.17, 15) is 5.11 Å². The van der Waals surface area contributed by atoms with E-state index in [0.717, 1.165) is 5.56 Å². The minimum absolute atomic E-state index is 0. The zero-order valence-corrected chi connectivity index (χ0v) is 11.2. The maximum absolute atomic E-state index is 9.70. The number of aliphatic hydroxyl groups is 1. The lowest BCUT2D eigenvalue weighted by Crippen LogP contribution is -2.25. The van der Waals surface area contributed by atoms with E-state index in [1.807, 2.05) is 19.1 Å². The first kappa shape index (κ1) is 16.0. The van der Waals surface area contributed by atoms with Gasteiger partial charge in [0.15, 0.2) is 0 Å². The molecule has 0 saturated carbocycles. The zero-order valence-electron chi connectivity index (χ0n) is 10.3. The van der Waals surface area contributed by atoms with E-state index < -0.39 is 12.1 Å². The van der Waals surface area contributed by atoms with E-state index in [4.69, 9.17) is 15.2 Å². The van der Waals surface area contributed by atoms with Crippen molar-refractivity contribution in [2.24, 2.45) is 5.73 Å². The van der Waals surface area contributed by atoms with Crippen LogP contribution in [0.2, 0.25) is 0 Å². The molecule has 1 aromatic carbocycles. The minimum atomic E-state index is -0.559. The number of nitrogens with two attached hydrogens (primary N) is 1. The summed E-state index contributed by atoms with van der Waals surface area (Å²) >= 11 is 0. The molecule has 2 atom stereocenters. The second kappa shape index (κ2) is 7.37. The molecule has 1 rings (SSSR count). The molecule has 4 nitrogen and oxygen atoms in total. The number of halogens is 1. The molecule has 5 heteroatoms. The van der Waals surface area contributed by atoms with Crippen molar-refractivity contribution < 1.29 is 14.6 Å². The highest BCUT2D eigenvalue weighted by Gasteiger charge is 2.16. The summed E-state index contributed by atoms with van der Waals surface area (Å²) in [6.45, 7) is 1.89. The predicted octanol–water partition coefficient (Wildman–Crippen LogP) is 1.90. The number of rotatable bonds is 5. The number of ether oxygens (including phenoxy) is 2. The second-order valence-corrected chi connectivity index (χ2v) is 3.65. The van der Waals surface area contributed by atoms with Gasteiger partial charge in [0.05, 0.1) is 26.4 Å². The van der Waals surface area contributed by atoms with E-state index in [1.54, 1.807) is 20.3 Å². The van der Waals surface area contributed by atoms with Gasteiger partial charge in [-0.3, -0.25) is 0 Å². The highest BCUT2D eigenvalue weighted by molar-refractivity contribution is 5.85. The van der Waals surface area contributed by atoms with Crippen LogP contribution < -0.4 is 15.2 Å². The topological polar surface area (TPSA) is 64.7 Å². The number of benzene rings is 1. The Kier molecular flexibility index (Phi) is 6.95. The Labute approximate surface area is 108 Å². The summed E-state index contributed by atoms with van der Waals surface area (Å²) in [4.78, 5) is 0. The monoisotopic (exact) mass is 261 g/mol. The molecule has 3 N–H and O–H groups in total. The molecule has 0 bridgehead atoms. The molecular weight excluding hydrogens is 242 g/mol. The van der Waals surface area contributed by atoms with Gasteiger partial charge in [-0.05, 0) is 24.1 Å². The highest BCUT2D eigenvalue weighted by Crippen LogP contribution is 2.27. The first-order valence-corrected chi connectivity index (χ1v) is 5.29. The van der Waals surface area contributed by atoms with Crippen molar-refractivity contribution in [2.45, 2.75) is 25.5 Å². The molecule has 0 aliphatic rings. The Morgan fingerprint density at radius 1 is 1.18 bits per heavy atom. The van der Waals surface area contributed by atoms with Crippen molar-refractivity contribution in [3.05, 3.63) is 23.8 Å². The molecule has 0 unspecified atom stereocenters. The molecule has 0 fully saturated rings. The van der Waals surface area contributed by atoms with E-state index in [2.05, 4.69) is 0 Å². The van der Waals surface area contributed by atoms with E-state index in [-0.39, 0.29) is 12.4 Å². The van der Waals surface area contributed by atoms with Crippen LogP contribution in [0, 0.1) is 0 Å². The second-order valence-electron chi connectivity index (χ2n) is 3.65. The summed E-state index contributed by atoms with van der Waals surface area (Å²) in [5, 5.41) is 9.70. The Hall–Kier alpha value is -0.970. The van der Waals surface area contributed by atoms with Gasteiger partial charge in [0.2, 0.25) is 0 Å². The molecule has 17 heavy (non-hydrogen) atoms. The Bertz CT molecular complexity index is 324. The summed E-state index contributed by atoms with van der Waals surface area (Å²) in [6, 6.07) is 4.97. The maximum Gasteiger partial charge on any atom is 0.122 e. The van der Waals surface area contributed by atoms with E-state index >= 15 is 0 Å². The minimum Gasteiger partial charge on any atom is -0.497 e. The third kappa shape index (κ3) is 4.07. The quantitative estimate of drug-likeness (QED) is 0.850. The summed E-state index contributed by atoms with van der Waals surface area (Å²) in [6.07, 6.45) is 0.0533. The molecule has 0 amide bonds. The van der Waals surface area contributed by atoms with Crippen LogP contribution in [0.4, 0.5) is 0 Å². The first-order valence-electron chi connectivity index (χ1n) is 5.29. The van der Waals surface area contributed by atoms with Crippen molar-refractivity contribution in [3.8, 4) is 11.5 Å². The third-order valence-corrected chi connectivity index (χ3v) is 2.59. The van der Waals surface area contributed by atoms with Crippen LogP contribution in [0.5, 0.6) is 11.5 Å². The average Bonchev–Trinajstić information content (AvgIpc) is 2.35. The fourth-order valence-corrected chi connectivity index (χ4v) is 1.50. The Morgan fingerprint density at radius 3 is 2.00 bits per heavy atom. The highest BCUT2D eigenvalue weighted by atomic mass is 35.5. The molecule has 98 valence electrons. The van der Waals surface area contributed by atoms with Crippen LogP contribution in [0.1, 0.15) is 24.9 Å². The molecule has 0 spiro atoms. The van der Waals surface area contributed by atoms with Crippen molar-refractivity contribution in [1.82, 2.24) is 0 Å². The third-order valence-electron chi connectivity index (χ3n) is 2.59. The van der Waals surface area contributed by atoms with Crippen LogP contribution >= 0.6 is 12.4 Å². The van der Waals surface area contributed by atoms with Gasteiger partial charge in [-0.2, -0.15) is 0 Å². The van der Waals surface area contributed by atoms with Gasteiger partial charge in [0.1, 0.15) is 11.5 Å². The van der Waals surface area contributed by atoms with Gasteiger partial charge < -0.3 is 20.3 Å². The number of hydrogen-bond donors (Lipinski definition) is 2. The molecule has 0 aliphatic carbocycles. The van der Waals surface area contributed by atoms with Gasteiger partial charge in [-0.25, -0.2) is 0 Å². The number of methoxy groups -OCH3 is 2. The number of aliphatic hydroxyl groups excluding tert-OH is 1. The fourth-order valence-electron chi connectivity index (χ4n) is 1.50. The Morgan fingerprint density at radius 2 is 1.65 bits per heavy atom. The predicted molar refractivity (Wildman–Crippen MR) is 70.0 cm³/mol. The van der Waals surface area contributed by atoms with Crippen LogP contribution in [-0.2, 0) is 0 Å². The lowest BCUT2D eigenvalue weighted by Gasteiger charge is -2.19. The van der Waals surface area contributed by atoms with Crippen molar-refractivity contribution >= 4 is 12.4 Å². The molecule has 0 saturated heterocycles. The molecular formula is C12H20ClNO3. The van der Waals surface area contributed by atoms with Crippen molar-refractivity contribution in [3.63, 3.8) is 0 Å². The van der Waals surface area contributed by atoms with Gasteiger partial charge in [0.25, 0.3) is 0 Å². The summed E-state index contributed by atoms with van der Waals surface area (Å²) in [7, 11) is 3.17. The van der Waals surface area contributed by atoms with Crippen molar-refractivity contribution in [1.29, 1.82) is 0 Å².